The zero-order valence-electron chi connectivity index (χ0n) is 8.58. The maximum absolute atomic E-state index is 8.92. The minimum atomic E-state index is 0.302. The molecule has 0 radical (unpaired) electrons. The van der Waals surface area contributed by atoms with Crippen LogP contribution in [-0.2, 0) is 0 Å². The Morgan fingerprint density at radius 2 is 2.08 bits per heavy atom. The molecule has 0 amide bonds. The van der Waals surface area contributed by atoms with Crippen molar-refractivity contribution in [2.75, 3.05) is 32.8 Å². The average Bonchev–Trinajstić information content (AvgIpc) is 2.19. The van der Waals surface area contributed by atoms with Gasteiger partial charge in [0.15, 0.2) is 0 Å². The molecule has 13 heavy (non-hydrogen) atoms. The van der Waals surface area contributed by atoms with Gasteiger partial charge in [0.25, 0.3) is 0 Å². The van der Waals surface area contributed by atoms with Gasteiger partial charge < -0.3 is 15.7 Å². The summed E-state index contributed by atoms with van der Waals surface area (Å²) < 4.78 is 0. The van der Waals surface area contributed by atoms with E-state index in [2.05, 4.69) is 11.8 Å². The van der Waals surface area contributed by atoms with Gasteiger partial charge in [-0.15, -0.1) is 0 Å². The summed E-state index contributed by atoms with van der Waals surface area (Å²) in [6, 6.07) is 0. The van der Waals surface area contributed by atoms with Gasteiger partial charge in [0, 0.05) is 13.2 Å². The van der Waals surface area contributed by atoms with E-state index >= 15 is 0 Å². The summed E-state index contributed by atoms with van der Waals surface area (Å²) in [6.45, 7) is 6.58. The Morgan fingerprint density at radius 3 is 2.54 bits per heavy atom. The number of aliphatic hydroxyl groups excluding tert-OH is 1. The van der Waals surface area contributed by atoms with Crippen LogP contribution in [0.5, 0.6) is 0 Å². The summed E-state index contributed by atoms with van der Waals surface area (Å²) in [7, 11) is 0. The van der Waals surface area contributed by atoms with Crippen LogP contribution < -0.4 is 5.73 Å². The van der Waals surface area contributed by atoms with Gasteiger partial charge in [-0.1, -0.05) is 6.92 Å². The Hall–Kier alpha value is -0.120. The van der Waals surface area contributed by atoms with Crippen molar-refractivity contribution in [3.05, 3.63) is 0 Å². The van der Waals surface area contributed by atoms with E-state index in [1.165, 1.54) is 12.8 Å². The quantitative estimate of drug-likeness (QED) is 0.663. The van der Waals surface area contributed by atoms with E-state index in [0.29, 0.717) is 12.5 Å². The standard InChI is InChI=1S/C10H22N2O/c1-9(8-13)7-12-4-2-10(6-11)3-5-12/h9-10,13H,2-8,11H2,1H3. The number of hydrogen-bond donors (Lipinski definition) is 2. The van der Waals surface area contributed by atoms with E-state index in [0.717, 1.165) is 32.1 Å². The lowest BCUT2D eigenvalue weighted by atomic mass is 9.96. The fraction of sp³-hybridized carbons (Fsp3) is 1.00. The molecule has 0 aromatic carbocycles. The zero-order valence-corrected chi connectivity index (χ0v) is 8.58. The van der Waals surface area contributed by atoms with Crippen LogP contribution >= 0.6 is 0 Å². The van der Waals surface area contributed by atoms with Crippen molar-refractivity contribution >= 4 is 0 Å². The van der Waals surface area contributed by atoms with Gasteiger partial charge in [0.2, 0.25) is 0 Å². The predicted molar refractivity (Wildman–Crippen MR) is 54.5 cm³/mol. The molecule has 0 spiro atoms. The van der Waals surface area contributed by atoms with Gasteiger partial charge in [-0.2, -0.15) is 0 Å². The molecule has 3 N–H and O–H groups in total. The van der Waals surface area contributed by atoms with Crippen LogP contribution in [0.3, 0.4) is 0 Å². The van der Waals surface area contributed by atoms with Gasteiger partial charge >= 0.3 is 0 Å². The van der Waals surface area contributed by atoms with Crippen LogP contribution in [0.25, 0.3) is 0 Å². The molecule has 1 unspecified atom stereocenters. The summed E-state index contributed by atoms with van der Waals surface area (Å²) in [6.07, 6.45) is 2.46. The van der Waals surface area contributed by atoms with Crippen LogP contribution in [0.4, 0.5) is 0 Å². The predicted octanol–water partition coefficient (Wildman–Crippen LogP) is 0.285. The third-order valence-corrected chi connectivity index (χ3v) is 2.92. The minimum absolute atomic E-state index is 0.302. The maximum atomic E-state index is 8.92. The molecule has 78 valence electrons. The molecule has 0 saturated carbocycles. The van der Waals surface area contributed by atoms with Crippen molar-refractivity contribution in [1.82, 2.24) is 4.90 Å². The minimum Gasteiger partial charge on any atom is -0.396 e. The van der Waals surface area contributed by atoms with Crippen molar-refractivity contribution in [2.24, 2.45) is 17.6 Å². The Balaban J connectivity index is 2.17. The Kier molecular flexibility index (Phi) is 4.70. The number of nitrogens with zero attached hydrogens (tertiary/aromatic N) is 1. The maximum Gasteiger partial charge on any atom is 0.0468 e. The van der Waals surface area contributed by atoms with Gasteiger partial charge in [0.05, 0.1) is 0 Å². The van der Waals surface area contributed by atoms with Crippen LogP contribution in [0.1, 0.15) is 19.8 Å². The molecule has 3 nitrogen and oxygen atoms in total. The second-order valence-electron chi connectivity index (χ2n) is 4.27. The van der Waals surface area contributed by atoms with E-state index in [1.54, 1.807) is 0 Å². The monoisotopic (exact) mass is 186 g/mol. The number of hydrogen-bond acceptors (Lipinski definition) is 3. The van der Waals surface area contributed by atoms with Crippen molar-refractivity contribution < 1.29 is 5.11 Å². The lowest BCUT2D eigenvalue weighted by molar-refractivity contribution is 0.137. The number of aliphatic hydroxyl groups is 1. The summed E-state index contributed by atoms with van der Waals surface area (Å²) in [4.78, 5) is 2.44. The largest absolute Gasteiger partial charge is 0.396 e. The average molecular weight is 186 g/mol. The summed E-state index contributed by atoms with van der Waals surface area (Å²) >= 11 is 0. The summed E-state index contributed by atoms with van der Waals surface area (Å²) in [5.74, 6) is 1.15. The molecule has 1 saturated heterocycles. The zero-order chi connectivity index (χ0) is 9.68. The van der Waals surface area contributed by atoms with Gasteiger partial charge in [0.1, 0.15) is 0 Å². The van der Waals surface area contributed by atoms with E-state index in [4.69, 9.17) is 10.8 Å². The van der Waals surface area contributed by atoms with Crippen molar-refractivity contribution in [1.29, 1.82) is 0 Å². The van der Waals surface area contributed by atoms with Crippen LogP contribution in [0, 0.1) is 11.8 Å². The molecule has 1 aliphatic heterocycles. The number of nitrogens with two attached hydrogens (primary N) is 1. The molecular formula is C10H22N2O. The molecule has 0 aliphatic carbocycles. The summed E-state index contributed by atoms with van der Waals surface area (Å²) in [5.41, 5.74) is 5.62. The molecule has 1 atom stereocenters. The molecule has 1 heterocycles. The molecule has 1 aliphatic rings. The van der Waals surface area contributed by atoms with E-state index in [-0.39, 0.29) is 0 Å². The van der Waals surface area contributed by atoms with E-state index in [1.807, 2.05) is 0 Å². The van der Waals surface area contributed by atoms with Crippen LogP contribution in [0.15, 0.2) is 0 Å². The molecular weight excluding hydrogens is 164 g/mol. The molecule has 1 fully saturated rings. The Bertz CT molecular complexity index is 133. The van der Waals surface area contributed by atoms with Gasteiger partial charge in [-0.05, 0) is 44.3 Å². The molecule has 1 rings (SSSR count). The highest BCUT2D eigenvalue weighted by atomic mass is 16.3. The van der Waals surface area contributed by atoms with Crippen molar-refractivity contribution in [3.8, 4) is 0 Å². The lowest BCUT2D eigenvalue weighted by Crippen LogP contribution is -2.38. The lowest BCUT2D eigenvalue weighted by Gasteiger charge is -2.32. The number of rotatable bonds is 4. The fourth-order valence-electron chi connectivity index (χ4n) is 1.90. The third-order valence-electron chi connectivity index (χ3n) is 2.92. The van der Waals surface area contributed by atoms with Crippen LogP contribution in [-0.4, -0.2) is 42.8 Å². The Morgan fingerprint density at radius 1 is 1.46 bits per heavy atom. The number of piperidine rings is 1. The second kappa shape index (κ2) is 5.58. The van der Waals surface area contributed by atoms with Crippen molar-refractivity contribution in [2.45, 2.75) is 19.8 Å². The fourth-order valence-corrected chi connectivity index (χ4v) is 1.90. The van der Waals surface area contributed by atoms with Crippen LogP contribution in [0.2, 0.25) is 0 Å². The highest BCUT2D eigenvalue weighted by Gasteiger charge is 2.18. The first-order chi connectivity index (χ1) is 6.26. The molecule has 3 heteroatoms. The highest BCUT2D eigenvalue weighted by molar-refractivity contribution is 4.73. The normalized spacial score (nSPS) is 23.3. The first kappa shape index (κ1) is 11.0. The summed E-state index contributed by atoms with van der Waals surface area (Å²) in [5, 5.41) is 8.92. The van der Waals surface area contributed by atoms with E-state index < -0.39 is 0 Å². The second-order valence-corrected chi connectivity index (χ2v) is 4.27. The first-order valence-corrected chi connectivity index (χ1v) is 5.29. The first-order valence-electron chi connectivity index (χ1n) is 5.29. The Labute approximate surface area is 80.9 Å². The molecule has 0 bridgehead atoms. The molecule has 0 aromatic heterocycles. The topological polar surface area (TPSA) is 49.5 Å². The highest BCUT2D eigenvalue weighted by Crippen LogP contribution is 2.16. The third kappa shape index (κ3) is 3.63. The van der Waals surface area contributed by atoms with Crippen molar-refractivity contribution in [3.63, 3.8) is 0 Å². The number of likely N-dealkylation sites (tertiary alicyclic amines) is 1. The van der Waals surface area contributed by atoms with Gasteiger partial charge in [-0.25, -0.2) is 0 Å². The smallest absolute Gasteiger partial charge is 0.0468 e. The van der Waals surface area contributed by atoms with E-state index in [9.17, 15) is 0 Å². The SMILES string of the molecule is CC(CO)CN1CCC(CN)CC1. The molecule has 0 aromatic rings. The van der Waals surface area contributed by atoms with Gasteiger partial charge in [-0.3, -0.25) is 0 Å².